The van der Waals surface area contributed by atoms with Crippen LogP contribution in [0.4, 0.5) is 8.78 Å². The Morgan fingerprint density at radius 3 is 2.90 bits per heavy atom. The maximum Gasteiger partial charge on any atom is 0.222 e. The summed E-state index contributed by atoms with van der Waals surface area (Å²) in [6, 6.07) is 2.86. The lowest BCUT2D eigenvalue weighted by Gasteiger charge is -2.37. The highest BCUT2D eigenvalue weighted by Gasteiger charge is 2.35. The smallest absolute Gasteiger partial charge is 0.222 e. The van der Waals surface area contributed by atoms with E-state index in [4.69, 9.17) is 0 Å². The molecule has 0 spiro atoms. The predicted octanol–water partition coefficient (Wildman–Crippen LogP) is 2.53. The highest BCUT2D eigenvalue weighted by atomic mass is 79.9. The molecule has 0 radical (unpaired) electrons. The second kappa shape index (κ2) is 5.41. The molecular weight excluding hydrogens is 330 g/mol. The van der Waals surface area contributed by atoms with Crippen molar-refractivity contribution in [3.05, 3.63) is 33.8 Å². The van der Waals surface area contributed by atoms with Gasteiger partial charge in [0.05, 0.1) is 4.47 Å². The third-order valence-electron chi connectivity index (χ3n) is 4.10. The monoisotopic (exact) mass is 344 g/mol. The van der Waals surface area contributed by atoms with E-state index in [-0.39, 0.29) is 28.5 Å². The first-order valence-electron chi connectivity index (χ1n) is 6.70. The zero-order valence-corrected chi connectivity index (χ0v) is 12.5. The lowest BCUT2D eigenvalue weighted by molar-refractivity contribution is -0.130. The van der Waals surface area contributed by atoms with Gasteiger partial charge in [0.25, 0.3) is 0 Å². The van der Waals surface area contributed by atoms with Crippen molar-refractivity contribution in [3.8, 4) is 0 Å². The van der Waals surface area contributed by atoms with Gasteiger partial charge in [0.15, 0.2) is 0 Å². The van der Waals surface area contributed by atoms with Crippen LogP contribution >= 0.6 is 15.9 Å². The summed E-state index contributed by atoms with van der Waals surface area (Å²) in [4.78, 5) is 15.5. The summed E-state index contributed by atoms with van der Waals surface area (Å²) in [6.45, 7) is 2.25. The van der Waals surface area contributed by atoms with Crippen LogP contribution in [-0.2, 0) is 11.3 Å². The molecule has 1 aromatic carbocycles. The Morgan fingerprint density at radius 1 is 1.30 bits per heavy atom. The molecule has 108 valence electrons. The Kier molecular flexibility index (Phi) is 3.77. The maximum atomic E-state index is 14.0. The van der Waals surface area contributed by atoms with E-state index in [0.29, 0.717) is 26.1 Å². The van der Waals surface area contributed by atoms with Crippen LogP contribution in [-0.4, -0.2) is 41.4 Å². The van der Waals surface area contributed by atoms with E-state index in [2.05, 4.69) is 15.9 Å². The lowest BCUT2D eigenvalue weighted by atomic mass is 10.1. The van der Waals surface area contributed by atoms with E-state index >= 15 is 0 Å². The summed E-state index contributed by atoms with van der Waals surface area (Å²) >= 11 is 3.08. The number of carbonyl (C=O) groups is 1. The van der Waals surface area contributed by atoms with Gasteiger partial charge in [-0.2, -0.15) is 0 Å². The van der Waals surface area contributed by atoms with Crippen molar-refractivity contribution in [2.75, 3.05) is 19.6 Å². The number of carbonyl (C=O) groups excluding carboxylic acids is 1. The predicted molar refractivity (Wildman–Crippen MR) is 74.1 cm³/mol. The molecule has 3 rings (SSSR count). The van der Waals surface area contributed by atoms with Crippen LogP contribution in [0.2, 0.25) is 0 Å². The summed E-state index contributed by atoms with van der Waals surface area (Å²) in [6.07, 6.45) is 1.44. The number of piperazine rings is 1. The average Bonchev–Trinajstić information content (AvgIpc) is 2.80. The molecule has 2 aliphatic rings. The van der Waals surface area contributed by atoms with Crippen molar-refractivity contribution in [2.45, 2.75) is 25.4 Å². The highest BCUT2D eigenvalue weighted by Crippen LogP contribution is 2.26. The molecule has 6 heteroatoms. The summed E-state index contributed by atoms with van der Waals surface area (Å²) < 4.78 is 28.0. The van der Waals surface area contributed by atoms with Crippen molar-refractivity contribution in [1.29, 1.82) is 0 Å². The molecule has 0 aromatic heterocycles. The summed E-state index contributed by atoms with van der Waals surface area (Å²) in [5, 5.41) is 0. The maximum absolute atomic E-state index is 14.0. The molecular formula is C14H15BrF2N2O. The number of amides is 1. The molecule has 1 atom stereocenters. The van der Waals surface area contributed by atoms with Crippen LogP contribution in [0.25, 0.3) is 0 Å². The van der Waals surface area contributed by atoms with Crippen molar-refractivity contribution >= 4 is 21.8 Å². The van der Waals surface area contributed by atoms with Crippen molar-refractivity contribution in [1.82, 2.24) is 9.80 Å². The van der Waals surface area contributed by atoms with Gasteiger partial charge in [-0.3, -0.25) is 9.69 Å². The fraction of sp³-hybridized carbons (Fsp3) is 0.500. The van der Waals surface area contributed by atoms with E-state index in [1.165, 1.54) is 12.1 Å². The van der Waals surface area contributed by atoms with Gasteiger partial charge in [0.2, 0.25) is 5.91 Å². The van der Waals surface area contributed by atoms with Crippen LogP contribution in [0.1, 0.15) is 18.4 Å². The van der Waals surface area contributed by atoms with Gasteiger partial charge in [0.1, 0.15) is 11.6 Å². The minimum Gasteiger partial charge on any atom is -0.337 e. The molecule has 2 fully saturated rings. The average molecular weight is 345 g/mol. The molecule has 1 unspecified atom stereocenters. The summed E-state index contributed by atoms with van der Waals surface area (Å²) in [7, 11) is 0. The zero-order chi connectivity index (χ0) is 14.3. The van der Waals surface area contributed by atoms with E-state index in [0.717, 1.165) is 6.42 Å². The number of hydrogen-bond donors (Lipinski definition) is 0. The number of nitrogens with zero attached hydrogens (tertiary/aromatic N) is 2. The lowest BCUT2D eigenvalue weighted by Crippen LogP contribution is -2.51. The quantitative estimate of drug-likeness (QED) is 0.769. The van der Waals surface area contributed by atoms with Crippen molar-refractivity contribution < 1.29 is 13.6 Å². The van der Waals surface area contributed by atoms with E-state index in [9.17, 15) is 13.6 Å². The Balaban J connectivity index is 1.73. The normalized spacial score (nSPS) is 23.2. The van der Waals surface area contributed by atoms with Gasteiger partial charge < -0.3 is 4.90 Å². The van der Waals surface area contributed by atoms with Crippen LogP contribution in [0.5, 0.6) is 0 Å². The van der Waals surface area contributed by atoms with Gasteiger partial charge in [-0.25, -0.2) is 8.78 Å². The highest BCUT2D eigenvalue weighted by molar-refractivity contribution is 9.10. The molecule has 1 aromatic rings. The van der Waals surface area contributed by atoms with Crippen LogP contribution in [0, 0.1) is 11.6 Å². The first-order valence-corrected chi connectivity index (χ1v) is 7.50. The van der Waals surface area contributed by atoms with E-state index in [1.54, 1.807) is 0 Å². The number of benzene rings is 1. The largest absolute Gasteiger partial charge is 0.337 e. The van der Waals surface area contributed by atoms with Crippen molar-refractivity contribution in [3.63, 3.8) is 0 Å². The molecule has 2 aliphatic heterocycles. The molecule has 0 saturated carbocycles. The minimum absolute atomic E-state index is 0.0946. The van der Waals surface area contributed by atoms with Gasteiger partial charge in [-0.15, -0.1) is 0 Å². The fourth-order valence-electron chi connectivity index (χ4n) is 3.01. The van der Waals surface area contributed by atoms with Crippen molar-refractivity contribution in [2.24, 2.45) is 0 Å². The summed E-state index contributed by atoms with van der Waals surface area (Å²) in [5.41, 5.74) is 0.0946. The first-order chi connectivity index (χ1) is 9.56. The second-order valence-electron chi connectivity index (χ2n) is 5.34. The fourth-order valence-corrected chi connectivity index (χ4v) is 3.38. The van der Waals surface area contributed by atoms with Gasteiger partial charge in [-0.05, 0) is 34.5 Å². The Bertz CT molecular complexity index is 552. The van der Waals surface area contributed by atoms with Gasteiger partial charge in [0, 0.05) is 44.2 Å². The number of hydrogen-bond acceptors (Lipinski definition) is 2. The molecule has 0 N–H and O–H groups in total. The molecule has 0 bridgehead atoms. The number of halogens is 3. The Hall–Kier alpha value is -1.01. The molecule has 1 amide bonds. The number of fused-ring (bicyclic) bond motifs is 1. The van der Waals surface area contributed by atoms with Crippen LogP contribution in [0.15, 0.2) is 16.6 Å². The number of rotatable bonds is 2. The molecule has 20 heavy (non-hydrogen) atoms. The van der Waals surface area contributed by atoms with Gasteiger partial charge >= 0.3 is 0 Å². The Labute approximate surface area is 124 Å². The molecule has 2 heterocycles. The van der Waals surface area contributed by atoms with E-state index in [1.807, 2.05) is 9.80 Å². The SMILES string of the molecule is O=C1CCC2CN(Cc3c(F)ccc(Br)c3F)CCN12. The summed E-state index contributed by atoms with van der Waals surface area (Å²) in [5.74, 6) is -0.847. The Morgan fingerprint density at radius 2 is 2.10 bits per heavy atom. The third kappa shape index (κ3) is 2.46. The van der Waals surface area contributed by atoms with Gasteiger partial charge in [-0.1, -0.05) is 0 Å². The minimum atomic E-state index is -0.532. The second-order valence-corrected chi connectivity index (χ2v) is 6.19. The zero-order valence-electron chi connectivity index (χ0n) is 10.9. The van der Waals surface area contributed by atoms with Crippen LogP contribution < -0.4 is 0 Å². The van der Waals surface area contributed by atoms with Crippen LogP contribution in [0.3, 0.4) is 0 Å². The first kappa shape index (κ1) is 13.9. The third-order valence-corrected chi connectivity index (χ3v) is 4.71. The standard InChI is InChI=1S/C14H15BrF2N2O/c15-11-2-3-12(16)10(14(11)17)8-18-5-6-19-9(7-18)1-4-13(19)20/h2-3,9H,1,4-8H2. The molecule has 3 nitrogen and oxygen atoms in total. The topological polar surface area (TPSA) is 23.6 Å². The molecule has 2 saturated heterocycles. The van der Waals surface area contributed by atoms with E-state index < -0.39 is 11.6 Å². The molecule has 0 aliphatic carbocycles.